The summed E-state index contributed by atoms with van der Waals surface area (Å²) >= 11 is 0. The number of nitrogens with zero attached hydrogens (tertiary/aromatic N) is 4. The summed E-state index contributed by atoms with van der Waals surface area (Å²) in [6.45, 7) is 4.38. The number of aromatic nitrogens is 2. The highest BCUT2D eigenvalue weighted by atomic mass is 16.1. The van der Waals surface area contributed by atoms with Crippen LogP contribution >= 0.6 is 0 Å². The number of carbonyl (C=O) groups is 1. The highest BCUT2D eigenvalue weighted by molar-refractivity contribution is 5.96. The number of nitrogens with two attached hydrogens (primary N) is 1. The van der Waals surface area contributed by atoms with Crippen LogP contribution in [0.15, 0.2) is 30.5 Å². The molecule has 3 N–H and O–H groups in total. The molecular weight excluding hydrogens is 400 g/mol. The zero-order valence-corrected chi connectivity index (χ0v) is 18.8. The molecule has 1 amide bonds. The van der Waals surface area contributed by atoms with Crippen molar-refractivity contribution in [1.29, 1.82) is 0 Å². The van der Waals surface area contributed by atoms with E-state index in [1.807, 2.05) is 0 Å². The van der Waals surface area contributed by atoms with Crippen molar-refractivity contribution in [2.75, 3.05) is 36.4 Å². The molecule has 32 heavy (non-hydrogen) atoms. The number of nitrogens with one attached hydrogen (secondary N) is 1. The van der Waals surface area contributed by atoms with E-state index >= 15 is 0 Å². The fourth-order valence-corrected chi connectivity index (χ4v) is 5.25. The Hall–Kier alpha value is -2.67. The summed E-state index contributed by atoms with van der Waals surface area (Å²) in [5.41, 5.74) is 8.04. The first kappa shape index (κ1) is 21.2. The van der Waals surface area contributed by atoms with Crippen molar-refractivity contribution in [3.8, 4) is 0 Å². The van der Waals surface area contributed by atoms with Crippen molar-refractivity contribution in [1.82, 2.24) is 14.9 Å². The molecule has 5 rings (SSSR count). The minimum Gasteiger partial charge on any atom is -0.364 e. The zero-order valence-electron chi connectivity index (χ0n) is 18.8. The molecule has 1 aliphatic carbocycles. The molecule has 7 heteroatoms. The predicted octanol–water partition coefficient (Wildman–Crippen LogP) is 4.04. The molecule has 0 spiro atoms. The average Bonchev–Trinajstić information content (AvgIpc) is 2.79. The largest absolute Gasteiger partial charge is 0.364 e. The molecule has 7 nitrogen and oxygen atoms in total. The summed E-state index contributed by atoms with van der Waals surface area (Å²) in [7, 11) is 0. The number of likely N-dealkylation sites (tertiary alicyclic amines) is 1. The molecule has 3 aliphatic rings. The van der Waals surface area contributed by atoms with Crippen molar-refractivity contribution in [3.63, 3.8) is 0 Å². The van der Waals surface area contributed by atoms with E-state index in [0.29, 0.717) is 11.7 Å². The number of hydrogen-bond acceptors (Lipinski definition) is 6. The Morgan fingerprint density at radius 2 is 1.66 bits per heavy atom. The standard InChI is InChI=1S/C25H34N6O/c26-24(32)23-25(29-22(17-27-23)31-13-2-1-3-14-31)28-20-9-7-18(8-10-20)19-11-15-30(16-12-19)21-5-4-6-21/h7-10,17,19,21H,1-6,11-16H2,(H2,26,32)(H,28,29). The van der Waals surface area contributed by atoms with Gasteiger partial charge in [-0.25, -0.2) is 9.97 Å². The van der Waals surface area contributed by atoms with E-state index < -0.39 is 5.91 Å². The molecule has 1 saturated carbocycles. The topological polar surface area (TPSA) is 87.4 Å². The Morgan fingerprint density at radius 1 is 0.938 bits per heavy atom. The van der Waals surface area contributed by atoms with Gasteiger partial charge in [-0.3, -0.25) is 4.79 Å². The molecular formula is C25H34N6O. The van der Waals surface area contributed by atoms with Crippen LogP contribution in [-0.2, 0) is 0 Å². The number of benzene rings is 1. The van der Waals surface area contributed by atoms with Crippen LogP contribution in [0.25, 0.3) is 0 Å². The molecule has 0 atom stereocenters. The lowest BCUT2D eigenvalue weighted by atomic mass is 9.85. The summed E-state index contributed by atoms with van der Waals surface area (Å²) < 4.78 is 0. The molecule has 1 aromatic heterocycles. The van der Waals surface area contributed by atoms with Crippen LogP contribution in [0, 0.1) is 0 Å². The molecule has 3 heterocycles. The fourth-order valence-electron chi connectivity index (χ4n) is 5.25. The Kier molecular flexibility index (Phi) is 6.26. The van der Waals surface area contributed by atoms with Gasteiger partial charge < -0.3 is 20.9 Å². The first-order valence-electron chi connectivity index (χ1n) is 12.2. The van der Waals surface area contributed by atoms with E-state index in [-0.39, 0.29) is 5.69 Å². The van der Waals surface area contributed by atoms with Crippen molar-refractivity contribution in [2.45, 2.75) is 63.3 Å². The van der Waals surface area contributed by atoms with Crippen molar-refractivity contribution in [3.05, 3.63) is 41.7 Å². The normalized spacial score (nSPS) is 20.7. The molecule has 0 radical (unpaired) electrons. The van der Waals surface area contributed by atoms with Gasteiger partial charge in [0.25, 0.3) is 5.91 Å². The van der Waals surface area contributed by atoms with Gasteiger partial charge in [0.2, 0.25) is 0 Å². The number of amides is 1. The molecule has 0 bridgehead atoms. The highest BCUT2D eigenvalue weighted by Crippen LogP contribution is 2.34. The summed E-state index contributed by atoms with van der Waals surface area (Å²) in [4.78, 5) is 25.9. The van der Waals surface area contributed by atoms with Gasteiger partial charge >= 0.3 is 0 Å². The maximum absolute atomic E-state index is 11.9. The van der Waals surface area contributed by atoms with Crippen LogP contribution in [0.5, 0.6) is 0 Å². The predicted molar refractivity (Wildman–Crippen MR) is 128 cm³/mol. The van der Waals surface area contributed by atoms with Crippen LogP contribution in [0.4, 0.5) is 17.3 Å². The Morgan fingerprint density at radius 3 is 2.28 bits per heavy atom. The zero-order chi connectivity index (χ0) is 21.9. The third-order valence-electron chi connectivity index (χ3n) is 7.44. The second-order valence-corrected chi connectivity index (χ2v) is 9.48. The molecule has 2 saturated heterocycles. The number of piperidine rings is 2. The van der Waals surface area contributed by atoms with Gasteiger partial charge in [0.05, 0.1) is 6.20 Å². The fraction of sp³-hybridized carbons (Fsp3) is 0.560. The number of hydrogen-bond donors (Lipinski definition) is 2. The SMILES string of the molecule is NC(=O)c1ncc(N2CCCCC2)nc1Nc1ccc(C2CCN(C3CCC3)CC2)cc1. The van der Waals surface area contributed by atoms with Crippen LogP contribution in [0.2, 0.25) is 0 Å². The Labute approximate surface area is 190 Å². The lowest BCUT2D eigenvalue weighted by Gasteiger charge is -2.42. The summed E-state index contributed by atoms with van der Waals surface area (Å²) in [5.74, 6) is 1.29. The third-order valence-corrected chi connectivity index (χ3v) is 7.44. The summed E-state index contributed by atoms with van der Waals surface area (Å²) in [5, 5.41) is 3.29. The van der Waals surface area contributed by atoms with Crippen LogP contribution in [0.3, 0.4) is 0 Å². The van der Waals surface area contributed by atoms with Crippen LogP contribution in [0.1, 0.15) is 73.3 Å². The molecule has 170 valence electrons. The van der Waals surface area contributed by atoms with Gasteiger partial charge in [0.15, 0.2) is 11.5 Å². The van der Waals surface area contributed by atoms with E-state index in [1.54, 1.807) is 6.20 Å². The molecule has 3 fully saturated rings. The van der Waals surface area contributed by atoms with Crippen molar-refractivity contribution in [2.24, 2.45) is 5.73 Å². The maximum atomic E-state index is 11.9. The van der Waals surface area contributed by atoms with E-state index in [1.165, 1.54) is 57.2 Å². The Bertz CT molecular complexity index is 928. The van der Waals surface area contributed by atoms with Gasteiger partial charge in [0, 0.05) is 24.8 Å². The minimum atomic E-state index is -0.569. The summed E-state index contributed by atoms with van der Waals surface area (Å²) in [6.07, 6.45) is 11.9. The second kappa shape index (κ2) is 9.45. The van der Waals surface area contributed by atoms with E-state index in [2.05, 4.69) is 44.4 Å². The highest BCUT2D eigenvalue weighted by Gasteiger charge is 2.29. The average molecular weight is 435 g/mol. The molecule has 2 aliphatic heterocycles. The number of carbonyl (C=O) groups excluding carboxylic acids is 1. The number of primary amides is 1. The van der Waals surface area contributed by atoms with Crippen molar-refractivity contribution < 1.29 is 4.79 Å². The van der Waals surface area contributed by atoms with Gasteiger partial charge in [-0.2, -0.15) is 0 Å². The van der Waals surface area contributed by atoms with Crippen LogP contribution in [-0.4, -0.2) is 53.0 Å². The van der Waals surface area contributed by atoms with Gasteiger partial charge in [0.1, 0.15) is 5.82 Å². The number of anilines is 3. The van der Waals surface area contributed by atoms with E-state index in [9.17, 15) is 4.79 Å². The maximum Gasteiger partial charge on any atom is 0.271 e. The lowest BCUT2D eigenvalue weighted by Crippen LogP contribution is -2.44. The quantitative estimate of drug-likeness (QED) is 0.713. The smallest absolute Gasteiger partial charge is 0.271 e. The van der Waals surface area contributed by atoms with Gasteiger partial charge in [-0.05, 0) is 81.6 Å². The number of rotatable bonds is 6. The van der Waals surface area contributed by atoms with Crippen molar-refractivity contribution >= 4 is 23.2 Å². The second-order valence-electron chi connectivity index (χ2n) is 9.48. The Balaban J connectivity index is 1.27. The lowest BCUT2D eigenvalue weighted by molar-refractivity contribution is 0.0975. The van der Waals surface area contributed by atoms with E-state index in [4.69, 9.17) is 10.7 Å². The third kappa shape index (κ3) is 4.58. The summed E-state index contributed by atoms with van der Waals surface area (Å²) in [6, 6.07) is 9.42. The van der Waals surface area contributed by atoms with E-state index in [0.717, 1.165) is 43.5 Å². The monoisotopic (exact) mass is 434 g/mol. The minimum absolute atomic E-state index is 0.179. The molecule has 2 aromatic rings. The van der Waals surface area contributed by atoms with Gasteiger partial charge in [-0.15, -0.1) is 0 Å². The molecule has 1 aromatic carbocycles. The molecule has 0 unspecified atom stereocenters. The first-order valence-corrected chi connectivity index (χ1v) is 12.2. The first-order chi connectivity index (χ1) is 15.7. The van der Waals surface area contributed by atoms with Crippen LogP contribution < -0.4 is 16.0 Å². The van der Waals surface area contributed by atoms with Gasteiger partial charge in [-0.1, -0.05) is 18.6 Å².